The number of hydrogen-bond donors (Lipinski definition) is 0. The molecule has 0 spiro atoms. The van der Waals surface area contributed by atoms with E-state index in [1.54, 1.807) is 6.07 Å². The van der Waals surface area contributed by atoms with Crippen molar-refractivity contribution in [2.75, 3.05) is 0 Å². The van der Waals surface area contributed by atoms with Gasteiger partial charge in [-0.05, 0) is 27.6 Å². The van der Waals surface area contributed by atoms with Crippen molar-refractivity contribution in [1.29, 1.82) is 0 Å². The second kappa shape index (κ2) is 3.59. The molecule has 0 atom stereocenters. The Morgan fingerprint density at radius 1 is 0.824 bits per heavy atom. The van der Waals surface area contributed by atoms with Gasteiger partial charge < -0.3 is 0 Å². The molecule has 17 heavy (non-hydrogen) atoms. The Kier molecular flexibility index (Phi) is 2.08. The van der Waals surface area contributed by atoms with Crippen molar-refractivity contribution in [1.82, 2.24) is 5.73 Å². The Balaban J connectivity index is 2.59. The first-order valence-corrected chi connectivity index (χ1v) is 5.44. The van der Waals surface area contributed by atoms with E-state index in [0.717, 1.165) is 21.5 Å². The minimum atomic E-state index is -0.632. The van der Waals surface area contributed by atoms with Gasteiger partial charge in [0.25, 0.3) is 5.91 Å². The van der Waals surface area contributed by atoms with Crippen molar-refractivity contribution in [3.63, 3.8) is 0 Å². The van der Waals surface area contributed by atoms with Gasteiger partial charge in [0.05, 0.1) is 0 Å². The van der Waals surface area contributed by atoms with Crippen molar-refractivity contribution < 1.29 is 4.79 Å². The van der Waals surface area contributed by atoms with Crippen LogP contribution in [-0.4, -0.2) is 5.91 Å². The zero-order valence-electron chi connectivity index (χ0n) is 9.10. The first-order chi connectivity index (χ1) is 8.27. The van der Waals surface area contributed by atoms with E-state index in [1.165, 1.54) is 0 Å². The third-order valence-corrected chi connectivity index (χ3v) is 3.01. The number of nitrogens with one attached hydrogen (secondary N) is 1. The minimum absolute atomic E-state index is 0.472. The Morgan fingerprint density at radius 2 is 1.41 bits per heavy atom. The first-order valence-electron chi connectivity index (χ1n) is 5.44. The van der Waals surface area contributed by atoms with Gasteiger partial charge in [-0.3, -0.25) is 10.5 Å². The molecule has 81 valence electrons. The number of amides is 1. The molecule has 3 aromatic carbocycles. The third kappa shape index (κ3) is 1.46. The summed E-state index contributed by atoms with van der Waals surface area (Å²) >= 11 is 0. The molecule has 0 saturated carbocycles. The molecular formula is C15H10NO. The molecule has 0 fully saturated rings. The van der Waals surface area contributed by atoms with E-state index >= 15 is 0 Å². The fraction of sp³-hybridized carbons (Fsp3) is 0. The number of carbonyl (C=O) groups excluding carboxylic acids is 1. The summed E-state index contributed by atoms with van der Waals surface area (Å²) in [6, 6.07) is 17.5. The average molecular weight is 220 g/mol. The second-order valence-corrected chi connectivity index (χ2v) is 4.02. The lowest BCUT2D eigenvalue weighted by Gasteiger charge is -2.07. The molecule has 2 heteroatoms. The second-order valence-electron chi connectivity index (χ2n) is 4.02. The Labute approximate surface area is 98.7 Å². The van der Waals surface area contributed by atoms with Crippen LogP contribution in [0.5, 0.6) is 0 Å². The summed E-state index contributed by atoms with van der Waals surface area (Å²) in [5, 5.41) is 4.00. The normalized spacial score (nSPS) is 10.8. The van der Waals surface area contributed by atoms with Gasteiger partial charge >= 0.3 is 0 Å². The van der Waals surface area contributed by atoms with Gasteiger partial charge in [0.1, 0.15) is 0 Å². The van der Waals surface area contributed by atoms with Crippen LogP contribution < -0.4 is 5.73 Å². The first kappa shape index (κ1) is 9.85. The van der Waals surface area contributed by atoms with Gasteiger partial charge in [-0.1, -0.05) is 48.5 Å². The summed E-state index contributed by atoms with van der Waals surface area (Å²) < 4.78 is 0. The summed E-state index contributed by atoms with van der Waals surface area (Å²) in [5.74, 6) is -0.632. The van der Waals surface area contributed by atoms with Gasteiger partial charge in [-0.15, -0.1) is 0 Å². The zero-order chi connectivity index (χ0) is 11.8. The highest BCUT2D eigenvalue weighted by atomic mass is 16.1. The Morgan fingerprint density at radius 3 is 2.12 bits per heavy atom. The SMILES string of the molecule is [NH]C(=O)c1cc2ccccc2c2ccccc12. The highest BCUT2D eigenvalue weighted by molar-refractivity contribution is 6.16. The maximum Gasteiger partial charge on any atom is 0.270 e. The fourth-order valence-electron chi connectivity index (χ4n) is 2.24. The molecule has 3 aromatic rings. The maximum atomic E-state index is 11.4. The van der Waals surface area contributed by atoms with Crippen molar-refractivity contribution >= 4 is 27.5 Å². The largest absolute Gasteiger partial charge is 0.270 e. The van der Waals surface area contributed by atoms with E-state index in [-0.39, 0.29) is 0 Å². The van der Waals surface area contributed by atoms with Crippen LogP contribution in [0.1, 0.15) is 10.4 Å². The molecular weight excluding hydrogens is 210 g/mol. The van der Waals surface area contributed by atoms with Crippen LogP contribution in [0.4, 0.5) is 0 Å². The molecule has 1 radical (unpaired) electrons. The molecule has 0 unspecified atom stereocenters. The van der Waals surface area contributed by atoms with Gasteiger partial charge in [0.2, 0.25) is 0 Å². The summed E-state index contributed by atoms with van der Waals surface area (Å²) in [7, 11) is 0. The zero-order valence-corrected chi connectivity index (χ0v) is 9.10. The van der Waals surface area contributed by atoms with Crippen molar-refractivity contribution in [3.05, 3.63) is 60.2 Å². The summed E-state index contributed by atoms with van der Waals surface area (Å²) in [6.45, 7) is 0. The van der Waals surface area contributed by atoms with E-state index < -0.39 is 5.91 Å². The molecule has 0 saturated heterocycles. The van der Waals surface area contributed by atoms with Gasteiger partial charge in [0, 0.05) is 5.56 Å². The molecule has 2 nitrogen and oxygen atoms in total. The monoisotopic (exact) mass is 220 g/mol. The fourth-order valence-corrected chi connectivity index (χ4v) is 2.24. The summed E-state index contributed by atoms with van der Waals surface area (Å²) in [4.78, 5) is 11.4. The lowest BCUT2D eigenvalue weighted by Crippen LogP contribution is -2.00. The van der Waals surface area contributed by atoms with E-state index in [2.05, 4.69) is 0 Å². The third-order valence-electron chi connectivity index (χ3n) is 3.01. The van der Waals surface area contributed by atoms with E-state index in [4.69, 9.17) is 5.73 Å². The van der Waals surface area contributed by atoms with Crippen LogP contribution in [0.15, 0.2) is 54.6 Å². The lowest BCUT2D eigenvalue weighted by molar-refractivity contribution is 0.0994. The van der Waals surface area contributed by atoms with Gasteiger partial charge in [-0.2, -0.15) is 0 Å². The molecule has 0 bridgehead atoms. The highest BCUT2D eigenvalue weighted by Gasteiger charge is 2.09. The minimum Gasteiger partial charge on any atom is -0.267 e. The smallest absolute Gasteiger partial charge is 0.267 e. The molecule has 0 aliphatic rings. The molecule has 1 N–H and O–H groups in total. The summed E-state index contributed by atoms with van der Waals surface area (Å²) in [5.41, 5.74) is 7.81. The standard InChI is InChI=1S/C15H10NO/c16-15(17)14-9-10-5-1-2-6-11(10)12-7-3-4-8-13(12)14/h1-9,16H. The predicted octanol–water partition coefficient (Wildman–Crippen LogP) is 3.42. The Bertz CT molecular complexity index is 731. The van der Waals surface area contributed by atoms with Crippen molar-refractivity contribution in [3.8, 4) is 0 Å². The maximum absolute atomic E-state index is 11.4. The van der Waals surface area contributed by atoms with Crippen molar-refractivity contribution in [2.24, 2.45) is 0 Å². The topological polar surface area (TPSA) is 40.9 Å². The summed E-state index contributed by atoms with van der Waals surface area (Å²) in [6.07, 6.45) is 0. The number of fused-ring (bicyclic) bond motifs is 3. The van der Waals surface area contributed by atoms with Crippen LogP contribution in [0, 0.1) is 0 Å². The predicted molar refractivity (Wildman–Crippen MR) is 68.9 cm³/mol. The van der Waals surface area contributed by atoms with E-state index in [0.29, 0.717) is 5.56 Å². The number of benzene rings is 3. The van der Waals surface area contributed by atoms with Gasteiger partial charge in [0.15, 0.2) is 0 Å². The van der Waals surface area contributed by atoms with Crippen LogP contribution in [0.2, 0.25) is 0 Å². The number of hydrogen-bond acceptors (Lipinski definition) is 1. The molecule has 0 aliphatic carbocycles. The van der Waals surface area contributed by atoms with E-state index in [1.807, 2.05) is 48.5 Å². The van der Waals surface area contributed by atoms with Crippen molar-refractivity contribution in [2.45, 2.75) is 0 Å². The molecule has 3 rings (SSSR count). The van der Waals surface area contributed by atoms with Crippen LogP contribution >= 0.6 is 0 Å². The van der Waals surface area contributed by atoms with Crippen LogP contribution in [0.25, 0.3) is 21.5 Å². The lowest BCUT2D eigenvalue weighted by atomic mass is 9.97. The molecule has 0 aliphatic heterocycles. The highest BCUT2D eigenvalue weighted by Crippen LogP contribution is 2.28. The number of rotatable bonds is 1. The molecule has 0 aromatic heterocycles. The Hall–Kier alpha value is -2.35. The van der Waals surface area contributed by atoms with Crippen LogP contribution in [0.3, 0.4) is 0 Å². The quantitative estimate of drug-likeness (QED) is 0.579. The number of carbonyl (C=O) groups is 1. The van der Waals surface area contributed by atoms with Gasteiger partial charge in [-0.25, -0.2) is 0 Å². The van der Waals surface area contributed by atoms with Crippen LogP contribution in [-0.2, 0) is 0 Å². The molecule has 0 heterocycles. The molecule has 1 amide bonds. The van der Waals surface area contributed by atoms with E-state index in [9.17, 15) is 4.79 Å². The average Bonchev–Trinajstić information content (AvgIpc) is 2.37.